The van der Waals surface area contributed by atoms with Crippen LogP contribution in [-0.2, 0) is 23.1 Å². The number of amides is 1. The van der Waals surface area contributed by atoms with E-state index in [2.05, 4.69) is 10.1 Å². The van der Waals surface area contributed by atoms with Gasteiger partial charge in [-0.25, -0.2) is 4.39 Å². The minimum atomic E-state index is -0.521. The van der Waals surface area contributed by atoms with Crippen molar-refractivity contribution in [2.75, 3.05) is 6.61 Å². The van der Waals surface area contributed by atoms with E-state index in [0.717, 1.165) is 11.3 Å². The molecule has 0 saturated heterocycles. The van der Waals surface area contributed by atoms with Gasteiger partial charge >= 0.3 is 5.97 Å². The van der Waals surface area contributed by atoms with Crippen molar-refractivity contribution < 1.29 is 18.7 Å². The highest BCUT2D eigenvalue weighted by molar-refractivity contribution is 7.16. The molecule has 0 spiro atoms. The molecule has 7 nitrogen and oxygen atoms in total. The summed E-state index contributed by atoms with van der Waals surface area (Å²) >= 11 is 1.13. The Labute approximate surface area is 152 Å². The van der Waals surface area contributed by atoms with Gasteiger partial charge in [0.1, 0.15) is 12.4 Å². The molecule has 0 unspecified atom stereocenters. The zero-order valence-electron chi connectivity index (χ0n) is 14.5. The van der Waals surface area contributed by atoms with Gasteiger partial charge in [0.05, 0.1) is 16.8 Å². The number of carbonyl (C=O) groups excluding carboxylic acids is 2. The van der Waals surface area contributed by atoms with Crippen LogP contribution in [-0.4, -0.2) is 32.8 Å². The number of hydrogen-bond acceptors (Lipinski definition) is 5. The molecule has 0 aliphatic rings. The van der Waals surface area contributed by atoms with Crippen LogP contribution in [0.2, 0.25) is 0 Å². The first-order chi connectivity index (χ1) is 12.4. The molecular formula is C17H17FN4O3S. The van der Waals surface area contributed by atoms with E-state index in [4.69, 9.17) is 4.74 Å². The Hall–Kier alpha value is -2.81. The first kappa shape index (κ1) is 18.0. The standard InChI is InChI=1S/C17H17FN4O3S/c1-4-25-14(23)9-22-12-6-5-11(18)7-13(12)26-17(22)19-16(24)15-10(2)8-21(3)20-15/h5-8H,4,9H2,1-3H3. The first-order valence-electron chi connectivity index (χ1n) is 7.93. The maximum atomic E-state index is 13.5. The smallest absolute Gasteiger partial charge is 0.326 e. The van der Waals surface area contributed by atoms with Crippen LogP contribution in [0.25, 0.3) is 10.2 Å². The van der Waals surface area contributed by atoms with E-state index >= 15 is 0 Å². The van der Waals surface area contributed by atoms with Crippen LogP contribution in [0.15, 0.2) is 29.4 Å². The minimum Gasteiger partial charge on any atom is -0.465 e. The van der Waals surface area contributed by atoms with Crippen LogP contribution in [0.4, 0.5) is 4.39 Å². The van der Waals surface area contributed by atoms with Gasteiger partial charge in [-0.1, -0.05) is 11.3 Å². The fourth-order valence-electron chi connectivity index (χ4n) is 2.58. The monoisotopic (exact) mass is 376 g/mol. The van der Waals surface area contributed by atoms with Crippen LogP contribution in [0.5, 0.6) is 0 Å². The van der Waals surface area contributed by atoms with Crippen molar-refractivity contribution in [3.05, 3.63) is 46.3 Å². The topological polar surface area (TPSA) is 78.5 Å². The third-order valence-electron chi connectivity index (χ3n) is 3.65. The Morgan fingerprint density at radius 1 is 1.38 bits per heavy atom. The Kier molecular flexibility index (Phi) is 4.99. The lowest BCUT2D eigenvalue weighted by molar-refractivity contribution is -0.143. The average molecular weight is 376 g/mol. The van der Waals surface area contributed by atoms with Crippen molar-refractivity contribution >= 4 is 33.4 Å². The molecule has 0 aliphatic heterocycles. The average Bonchev–Trinajstić information content (AvgIpc) is 3.07. The number of carbonyl (C=O) groups is 2. The number of esters is 1. The third kappa shape index (κ3) is 3.57. The number of nitrogens with zero attached hydrogens (tertiary/aromatic N) is 4. The molecule has 0 N–H and O–H groups in total. The second kappa shape index (κ2) is 7.20. The number of aryl methyl sites for hydroxylation is 2. The highest BCUT2D eigenvalue weighted by Gasteiger charge is 2.16. The molecule has 0 radical (unpaired) electrons. The molecule has 1 amide bonds. The van der Waals surface area contributed by atoms with Gasteiger partial charge in [0.2, 0.25) is 0 Å². The summed E-state index contributed by atoms with van der Waals surface area (Å²) in [5.41, 5.74) is 1.54. The predicted octanol–water partition coefficient (Wildman–Crippen LogP) is 2.19. The van der Waals surface area contributed by atoms with Crippen LogP contribution >= 0.6 is 11.3 Å². The predicted molar refractivity (Wildman–Crippen MR) is 94.2 cm³/mol. The number of fused-ring (bicyclic) bond motifs is 1. The lowest BCUT2D eigenvalue weighted by atomic mass is 10.3. The van der Waals surface area contributed by atoms with E-state index in [1.54, 1.807) is 37.7 Å². The molecule has 2 aromatic heterocycles. The normalized spacial score (nSPS) is 11.9. The first-order valence-corrected chi connectivity index (χ1v) is 8.74. The van der Waals surface area contributed by atoms with Gasteiger partial charge in [0.25, 0.3) is 5.91 Å². The summed E-state index contributed by atoms with van der Waals surface area (Å²) < 4.78 is 22.2. The summed E-state index contributed by atoms with van der Waals surface area (Å²) in [7, 11) is 1.72. The second-order valence-electron chi connectivity index (χ2n) is 5.64. The number of aromatic nitrogens is 3. The van der Waals surface area contributed by atoms with Crippen molar-refractivity contribution in [2.24, 2.45) is 12.0 Å². The van der Waals surface area contributed by atoms with Crippen molar-refractivity contribution in [1.82, 2.24) is 14.3 Å². The molecule has 3 rings (SSSR count). The lowest BCUT2D eigenvalue weighted by Crippen LogP contribution is -2.23. The number of ether oxygens (including phenoxy) is 1. The maximum Gasteiger partial charge on any atom is 0.326 e. The van der Waals surface area contributed by atoms with Gasteiger partial charge in [-0.2, -0.15) is 10.1 Å². The molecule has 0 aliphatic carbocycles. The van der Waals surface area contributed by atoms with Crippen LogP contribution in [0, 0.1) is 12.7 Å². The molecule has 0 saturated carbocycles. The van der Waals surface area contributed by atoms with E-state index in [1.165, 1.54) is 16.8 Å². The summed E-state index contributed by atoms with van der Waals surface area (Å²) in [6.45, 7) is 3.60. The highest BCUT2D eigenvalue weighted by atomic mass is 32.1. The summed E-state index contributed by atoms with van der Waals surface area (Å²) in [4.78, 5) is 28.9. The van der Waals surface area contributed by atoms with E-state index in [0.29, 0.717) is 15.8 Å². The number of hydrogen-bond donors (Lipinski definition) is 0. The largest absolute Gasteiger partial charge is 0.465 e. The van der Waals surface area contributed by atoms with Gasteiger partial charge in [-0.3, -0.25) is 14.3 Å². The molecule has 0 bridgehead atoms. The maximum absolute atomic E-state index is 13.5. The molecule has 26 heavy (non-hydrogen) atoms. The fraction of sp³-hybridized carbons (Fsp3) is 0.294. The summed E-state index contributed by atoms with van der Waals surface area (Å²) in [5, 5.41) is 4.11. The zero-order valence-corrected chi connectivity index (χ0v) is 15.3. The number of thiazole rings is 1. The molecular weight excluding hydrogens is 359 g/mol. The quantitative estimate of drug-likeness (QED) is 0.654. The van der Waals surface area contributed by atoms with E-state index in [-0.39, 0.29) is 23.6 Å². The van der Waals surface area contributed by atoms with E-state index in [1.807, 2.05) is 0 Å². The summed E-state index contributed by atoms with van der Waals surface area (Å²) in [6.07, 6.45) is 1.72. The second-order valence-corrected chi connectivity index (χ2v) is 6.65. The molecule has 0 atom stereocenters. The molecule has 1 aromatic carbocycles. The minimum absolute atomic E-state index is 0.118. The van der Waals surface area contributed by atoms with Gasteiger partial charge in [0, 0.05) is 18.8 Å². The third-order valence-corrected chi connectivity index (χ3v) is 4.69. The number of halogens is 1. The Morgan fingerprint density at radius 2 is 2.15 bits per heavy atom. The van der Waals surface area contributed by atoms with E-state index < -0.39 is 17.7 Å². The van der Waals surface area contributed by atoms with Gasteiger partial charge in [-0.15, -0.1) is 0 Å². The van der Waals surface area contributed by atoms with E-state index in [9.17, 15) is 14.0 Å². The molecule has 9 heteroatoms. The lowest BCUT2D eigenvalue weighted by Gasteiger charge is -2.04. The SMILES string of the molecule is CCOC(=O)Cn1c(=NC(=O)c2nn(C)cc2C)sc2cc(F)ccc21. The molecule has 0 fully saturated rings. The van der Waals surface area contributed by atoms with Crippen LogP contribution in [0.1, 0.15) is 23.0 Å². The Bertz CT molecular complexity index is 1060. The van der Waals surface area contributed by atoms with Crippen molar-refractivity contribution in [1.29, 1.82) is 0 Å². The number of rotatable bonds is 4. The van der Waals surface area contributed by atoms with Gasteiger partial charge < -0.3 is 9.30 Å². The number of benzene rings is 1. The molecule has 2 heterocycles. The summed E-state index contributed by atoms with van der Waals surface area (Å²) in [5.74, 6) is -1.38. The summed E-state index contributed by atoms with van der Waals surface area (Å²) in [6, 6.07) is 4.19. The Balaban J connectivity index is 2.12. The molecule has 136 valence electrons. The van der Waals surface area contributed by atoms with Crippen molar-refractivity contribution in [2.45, 2.75) is 20.4 Å². The zero-order chi connectivity index (χ0) is 18.8. The Morgan fingerprint density at radius 3 is 2.81 bits per heavy atom. The van der Waals surface area contributed by atoms with Crippen LogP contribution < -0.4 is 4.80 Å². The van der Waals surface area contributed by atoms with Crippen molar-refractivity contribution in [3.63, 3.8) is 0 Å². The molecule has 3 aromatic rings. The van der Waals surface area contributed by atoms with Crippen LogP contribution in [0.3, 0.4) is 0 Å². The highest BCUT2D eigenvalue weighted by Crippen LogP contribution is 2.19. The fourth-order valence-corrected chi connectivity index (χ4v) is 3.63. The van der Waals surface area contributed by atoms with Crippen molar-refractivity contribution in [3.8, 4) is 0 Å². The van der Waals surface area contributed by atoms with Gasteiger partial charge in [-0.05, 0) is 32.0 Å². The van der Waals surface area contributed by atoms with Gasteiger partial charge in [0.15, 0.2) is 10.5 Å².